The molecular weight excluding hydrogens is 336 g/mol. The van der Waals surface area contributed by atoms with Crippen molar-refractivity contribution in [1.29, 1.82) is 0 Å². The molecule has 1 aromatic rings. The molecule has 0 bridgehead atoms. The first-order valence-electron chi connectivity index (χ1n) is 7.76. The number of nitrogens with one attached hydrogen (secondary N) is 1. The van der Waals surface area contributed by atoms with Crippen molar-refractivity contribution in [1.82, 2.24) is 9.62 Å². The zero-order valence-corrected chi connectivity index (χ0v) is 14.6. The molecule has 0 spiro atoms. The first kappa shape index (κ1) is 18.5. The molecule has 8 nitrogen and oxygen atoms in total. The van der Waals surface area contributed by atoms with Crippen LogP contribution in [0.5, 0.6) is 0 Å². The summed E-state index contributed by atoms with van der Waals surface area (Å²) < 4.78 is 29.9. The standard InChI is InChI=1S/C15H22N2O6S/c1-17(2)24(21,22)12-9-11(10-23-12)13(18)16-15(14(19)20)7-5-3-4-6-8-15/h9-10H,3-8H2,1-2H3,(H,16,18)(H,19,20). The highest BCUT2D eigenvalue weighted by atomic mass is 32.2. The van der Waals surface area contributed by atoms with Gasteiger partial charge in [0.25, 0.3) is 15.9 Å². The van der Waals surface area contributed by atoms with E-state index in [1.54, 1.807) is 0 Å². The number of furan rings is 1. The smallest absolute Gasteiger partial charge is 0.329 e. The fourth-order valence-corrected chi connectivity index (χ4v) is 3.57. The van der Waals surface area contributed by atoms with Crippen LogP contribution >= 0.6 is 0 Å². The Morgan fingerprint density at radius 3 is 2.29 bits per heavy atom. The minimum atomic E-state index is -3.79. The van der Waals surface area contributed by atoms with Crippen LogP contribution in [0.2, 0.25) is 0 Å². The lowest BCUT2D eigenvalue weighted by molar-refractivity contribution is -0.145. The van der Waals surface area contributed by atoms with E-state index in [1.807, 2.05) is 0 Å². The molecule has 0 unspecified atom stereocenters. The Hall–Kier alpha value is -1.87. The molecule has 0 aromatic carbocycles. The summed E-state index contributed by atoms with van der Waals surface area (Å²) in [6.45, 7) is 0. The number of carbonyl (C=O) groups is 2. The topological polar surface area (TPSA) is 117 Å². The third-order valence-electron chi connectivity index (χ3n) is 4.29. The lowest BCUT2D eigenvalue weighted by Gasteiger charge is -2.29. The molecule has 0 atom stereocenters. The largest absolute Gasteiger partial charge is 0.480 e. The molecule has 24 heavy (non-hydrogen) atoms. The highest BCUT2D eigenvalue weighted by Crippen LogP contribution is 2.28. The van der Waals surface area contributed by atoms with Gasteiger partial charge < -0.3 is 14.8 Å². The van der Waals surface area contributed by atoms with Gasteiger partial charge in [-0.1, -0.05) is 25.7 Å². The molecule has 1 saturated carbocycles. The van der Waals surface area contributed by atoms with Crippen LogP contribution in [0.3, 0.4) is 0 Å². The monoisotopic (exact) mass is 358 g/mol. The molecule has 134 valence electrons. The Morgan fingerprint density at radius 1 is 1.21 bits per heavy atom. The van der Waals surface area contributed by atoms with Gasteiger partial charge in [0.05, 0.1) is 5.56 Å². The van der Waals surface area contributed by atoms with Crippen molar-refractivity contribution in [3.05, 3.63) is 17.9 Å². The molecule has 0 aliphatic heterocycles. The molecule has 1 aliphatic rings. The normalized spacial score (nSPS) is 18.1. The number of hydrogen-bond acceptors (Lipinski definition) is 5. The fourth-order valence-electron chi connectivity index (χ4n) is 2.76. The van der Waals surface area contributed by atoms with E-state index in [9.17, 15) is 23.1 Å². The SMILES string of the molecule is CN(C)S(=O)(=O)c1cc(C(=O)NC2(C(=O)O)CCCCCC2)co1. The number of nitrogens with zero attached hydrogens (tertiary/aromatic N) is 1. The summed E-state index contributed by atoms with van der Waals surface area (Å²) in [7, 11) is -1.09. The first-order chi connectivity index (χ1) is 11.2. The van der Waals surface area contributed by atoms with Gasteiger partial charge in [0.15, 0.2) is 0 Å². The maximum absolute atomic E-state index is 12.4. The molecule has 0 saturated heterocycles. The van der Waals surface area contributed by atoms with Crippen molar-refractivity contribution in [2.24, 2.45) is 0 Å². The minimum Gasteiger partial charge on any atom is -0.480 e. The van der Waals surface area contributed by atoms with Crippen LogP contribution in [0, 0.1) is 0 Å². The molecule has 1 aromatic heterocycles. The summed E-state index contributed by atoms with van der Waals surface area (Å²) >= 11 is 0. The third-order valence-corrected chi connectivity index (χ3v) is 5.98. The summed E-state index contributed by atoms with van der Waals surface area (Å²) in [5.41, 5.74) is -1.33. The van der Waals surface area contributed by atoms with Crippen LogP contribution in [-0.4, -0.2) is 49.3 Å². The number of hydrogen-bond donors (Lipinski definition) is 2. The second-order valence-electron chi connectivity index (χ2n) is 6.20. The quantitative estimate of drug-likeness (QED) is 0.769. The zero-order valence-electron chi connectivity index (χ0n) is 13.7. The van der Waals surface area contributed by atoms with Crippen LogP contribution in [-0.2, 0) is 14.8 Å². The van der Waals surface area contributed by atoms with Crippen LogP contribution in [0.4, 0.5) is 0 Å². The lowest BCUT2D eigenvalue weighted by Crippen LogP contribution is -2.54. The molecule has 1 amide bonds. The van der Waals surface area contributed by atoms with Gasteiger partial charge in [0, 0.05) is 20.2 Å². The summed E-state index contributed by atoms with van der Waals surface area (Å²) in [6, 6.07) is 1.11. The van der Waals surface area contributed by atoms with Gasteiger partial charge in [-0.15, -0.1) is 0 Å². The van der Waals surface area contributed by atoms with Gasteiger partial charge in [-0.2, -0.15) is 0 Å². The molecular formula is C15H22N2O6S. The van der Waals surface area contributed by atoms with Crippen molar-refractivity contribution in [3.63, 3.8) is 0 Å². The number of carboxylic acid groups (broad SMARTS) is 1. The predicted molar refractivity (Wildman–Crippen MR) is 85.1 cm³/mol. The van der Waals surface area contributed by atoms with E-state index in [0.717, 1.165) is 42.3 Å². The molecule has 2 N–H and O–H groups in total. The fraction of sp³-hybridized carbons (Fsp3) is 0.600. The number of amides is 1. The van der Waals surface area contributed by atoms with E-state index in [0.29, 0.717) is 12.8 Å². The van der Waals surface area contributed by atoms with Crippen molar-refractivity contribution in [2.45, 2.75) is 49.2 Å². The minimum absolute atomic E-state index is 0.0136. The number of rotatable bonds is 5. The predicted octanol–water partition coefficient (Wildman–Crippen LogP) is 1.44. The molecule has 1 heterocycles. The van der Waals surface area contributed by atoms with E-state index in [1.165, 1.54) is 14.1 Å². The van der Waals surface area contributed by atoms with Gasteiger partial charge in [-0.05, 0) is 12.8 Å². The van der Waals surface area contributed by atoms with Gasteiger partial charge in [0.1, 0.15) is 11.8 Å². The Morgan fingerprint density at radius 2 is 1.79 bits per heavy atom. The van der Waals surface area contributed by atoms with Crippen LogP contribution in [0.15, 0.2) is 21.8 Å². The Labute approximate surface area is 140 Å². The van der Waals surface area contributed by atoms with Crippen molar-refractivity contribution < 1.29 is 27.5 Å². The van der Waals surface area contributed by atoms with Crippen molar-refractivity contribution >= 4 is 21.9 Å². The summed E-state index contributed by atoms with van der Waals surface area (Å²) in [5, 5.41) is 11.8. The highest BCUT2D eigenvalue weighted by Gasteiger charge is 2.40. The maximum atomic E-state index is 12.4. The second kappa shape index (κ2) is 6.94. The van der Waals surface area contributed by atoms with Crippen LogP contribution < -0.4 is 5.32 Å². The van der Waals surface area contributed by atoms with E-state index in [2.05, 4.69) is 5.32 Å². The lowest BCUT2D eigenvalue weighted by atomic mass is 9.90. The molecule has 1 fully saturated rings. The average molecular weight is 358 g/mol. The maximum Gasteiger partial charge on any atom is 0.329 e. The molecule has 1 aliphatic carbocycles. The Bertz CT molecular complexity index is 714. The highest BCUT2D eigenvalue weighted by molar-refractivity contribution is 7.88. The number of sulfonamides is 1. The van der Waals surface area contributed by atoms with E-state index < -0.39 is 27.4 Å². The third kappa shape index (κ3) is 3.62. The number of aliphatic carboxylic acids is 1. The number of carboxylic acids is 1. The van der Waals surface area contributed by atoms with Crippen LogP contribution in [0.25, 0.3) is 0 Å². The van der Waals surface area contributed by atoms with E-state index in [-0.39, 0.29) is 10.7 Å². The summed E-state index contributed by atoms with van der Waals surface area (Å²) in [6.07, 6.45) is 5.04. The van der Waals surface area contributed by atoms with Gasteiger partial charge in [-0.3, -0.25) is 4.79 Å². The summed E-state index contributed by atoms with van der Waals surface area (Å²) in [5.74, 6) is -1.72. The first-order valence-corrected chi connectivity index (χ1v) is 9.20. The van der Waals surface area contributed by atoms with E-state index >= 15 is 0 Å². The number of carbonyl (C=O) groups excluding carboxylic acids is 1. The van der Waals surface area contributed by atoms with Gasteiger partial charge >= 0.3 is 5.97 Å². The summed E-state index contributed by atoms with van der Waals surface area (Å²) in [4.78, 5) is 24.1. The average Bonchev–Trinajstić information content (AvgIpc) is 2.89. The van der Waals surface area contributed by atoms with Crippen LogP contribution in [0.1, 0.15) is 48.9 Å². The zero-order chi connectivity index (χ0) is 18.0. The van der Waals surface area contributed by atoms with E-state index in [4.69, 9.17) is 4.42 Å². The Kier molecular flexibility index (Phi) is 5.34. The molecule has 2 rings (SSSR count). The van der Waals surface area contributed by atoms with Crippen molar-refractivity contribution in [2.75, 3.05) is 14.1 Å². The Balaban J connectivity index is 2.22. The molecule has 9 heteroatoms. The second-order valence-corrected chi connectivity index (χ2v) is 8.28. The van der Waals surface area contributed by atoms with Gasteiger partial charge in [-0.25, -0.2) is 17.5 Å². The van der Waals surface area contributed by atoms with Crippen molar-refractivity contribution in [3.8, 4) is 0 Å². The molecule has 0 radical (unpaired) electrons. The van der Waals surface area contributed by atoms with Gasteiger partial charge in [0.2, 0.25) is 5.09 Å².